The first-order valence-electron chi connectivity index (χ1n) is 11.0. The molecule has 0 unspecified atom stereocenters. The molecule has 0 amide bonds. The van der Waals surface area contributed by atoms with Gasteiger partial charge in [-0.2, -0.15) is 0 Å². The second-order valence-electron chi connectivity index (χ2n) is 8.05. The molecule has 1 N–H and O–H groups in total. The predicted molar refractivity (Wildman–Crippen MR) is 126 cm³/mol. The monoisotopic (exact) mass is 412 g/mol. The van der Waals surface area contributed by atoms with Crippen LogP contribution in [0.1, 0.15) is 5.76 Å². The molecule has 4 aromatic rings. The summed E-state index contributed by atoms with van der Waals surface area (Å²) in [5, 5.41) is 10.2. The largest absolute Gasteiger partial charge is 0.369 e. The standard InChI is InChI=1S/C26H28N4O/c1-2-9-22(10-3-1)30-17-15-29(16-18-30)14-13-27-20-23-19-26(28-31-23)25-12-6-8-21-7-4-5-11-24(21)25/h1-12,19,27H,13-18,20H2. The average molecular weight is 413 g/mol. The van der Waals surface area contributed by atoms with Crippen molar-refractivity contribution in [1.29, 1.82) is 0 Å². The lowest BCUT2D eigenvalue weighted by molar-refractivity contribution is 0.255. The first kappa shape index (κ1) is 19.8. The van der Waals surface area contributed by atoms with Crippen LogP contribution in [0.5, 0.6) is 0 Å². The number of nitrogens with zero attached hydrogens (tertiary/aromatic N) is 3. The van der Waals surface area contributed by atoms with Crippen molar-refractivity contribution in [1.82, 2.24) is 15.4 Å². The van der Waals surface area contributed by atoms with Gasteiger partial charge in [-0.15, -0.1) is 0 Å². The Morgan fingerprint density at radius 3 is 2.48 bits per heavy atom. The number of hydrogen-bond acceptors (Lipinski definition) is 5. The fourth-order valence-corrected chi connectivity index (χ4v) is 4.29. The van der Waals surface area contributed by atoms with Crippen molar-refractivity contribution >= 4 is 16.5 Å². The molecule has 0 bridgehead atoms. The van der Waals surface area contributed by atoms with Gasteiger partial charge in [0.2, 0.25) is 0 Å². The van der Waals surface area contributed by atoms with E-state index in [1.165, 1.54) is 16.5 Å². The molecule has 5 heteroatoms. The molecule has 0 radical (unpaired) electrons. The van der Waals surface area contributed by atoms with E-state index in [9.17, 15) is 0 Å². The Morgan fingerprint density at radius 2 is 1.61 bits per heavy atom. The molecule has 0 spiro atoms. The Kier molecular flexibility index (Phi) is 5.96. The summed E-state index contributed by atoms with van der Waals surface area (Å²) in [6.45, 7) is 7.06. The lowest BCUT2D eigenvalue weighted by atomic mass is 10.0. The van der Waals surface area contributed by atoms with E-state index in [0.29, 0.717) is 6.54 Å². The minimum absolute atomic E-state index is 0.696. The SMILES string of the molecule is c1ccc(N2CCN(CCNCc3cc(-c4cccc5ccccc45)no3)CC2)cc1. The summed E-state index contributed by atoms with van der Waals surface area (Å²) in [5.41, 5.74) is 3.34. The Labute approximate surface area is 183 Å². The number of para-hydroxylation sites is 1. The van der Waals surface area contributed by atoms with E-state index in [-0.39, 0.29) is 0 Å². The van der Waals surface area contributed by atoms with Gasteiger partial charge in [-0.1, -0.05) is 65.8 Å². The third-order valence-electron chi connectivity index (χ3n) is 6.02. The van der Waals surface area contributed by atoms with Crippen LogP contribution in [0, 0.1) is 0 Å². The molecular formula is C26H28N4O. The molecule has 2 heterocycles. The minimum atomic E-state index is 0.696. The molecule has 3 aromatic carbocycles. The zero-order chi connectivity index (χ0) is 20.9. The van der Waals surface area contributed by atoms with Gasteiger partial charge >= 0.3 is 0 Å². The molecule has 0 aliphatic carbocycles. The van der Waals surface area contributed by atoms with Gasteiger partial charge in [-0.05, 0) is 22.9 Å². The lowest BCUT2D eigenvalue weighted by Crippen LogP contribution is -2.48. The summed E-state index contributed by atoms with van der Waals surface area (Å²) in [6.07, 6.45) is 0. The summed E-state index contributed by atoms with van der Waals surface area (Å²) in [4.78, 5) is 4.99. The summed E-state index contributed by atoms with van der Waals surface area (Å²) < 4.78 is 5.59. The van der Waals surface area contributed by atoms with Crippen LogP contribution in [0.15, 0.2) is 83.4 Å². The molecular weight excluding hydrogens is 384 g/mol. The maximum Gasteiger partial charge on any atom is 0.151 e. The Balaban J connectivity index is 1.09. The van der Waals surface area contributed by atoms with Gasteiger partial charge in [-0.3, -0.25) is 4.90 Å². The summed E-state index contributed by atoms with van der Waals surface area (Å²) in [7, 11) is 0. The van der Waals surface area contributed by atoms with E-state index in [2.05, 4.69) is 93.1 Å². The van der Waals surface area contributed by atoms with Crippen molar-refractivity contribution < 1.29 is 4.52 Å². The molecule has 1 saturated heterocycles. The Morgan fingerprint density at radius 1 is 0.839 bits per heavy atom. The number of benzene rings is 3. The van der Waals surface area contributed by atoms with Crippen LogP contribution in [-0.2, 0) is 6.54 Å². The van der Waals surface area contributed by atoms with E-state index >= 15 is 0 Å². The van der Waals surface area contributed by atoms with Gasteiger partial charge in [0.1, 0.15) is 5.69 Å². The van der Waals surface area contributed by atoms with E-state index in [1.807, 2.05) is 6.07 Å². The maximum atomic E-state index is 5.59. The van der Waals surface area contributed by atoms with Crippen LogP contribution < -0.4 is 10.2 Å². The summed E-state index contributed by atoms with van der Waals surface area (Å²) in [6, 6.07) is 27.4. The second-order valence-corrected chi connectivity index (χ2v) is 8.05. The zero-order valence-corrected chi connectivity index (χ0v) is 17.7. The van der Waals surface area contributed by atoms with Crippen molar-refractivity contribution in [3.8, 4) is 11.3 Å². The van der Waals surface area contributed by atoms with E-state index < -0.39 is 0 Å². The highest BCUT2D eigenvalue weighted by atomic mass is 16.5. The molecule has 31 heavy (non-hydrogen) atoms. The van der Waals surface area contributed by atoms with Gasteiger partial charge in [-0.25, -0.2) is 0 Å². The van der Waals surface area contributed by atoms with Crippen molar-refractivity contribution in [2.24, 2.45) is 0 Å². The number of piperazine rings is 1. The number of rotatable bonds is 7. The van der Waals surface area contributed by atoms with Crippen LogP contribution in [0.25, 0.3) is 22.0 Å². The highest BCUT2D eigenvalue weighted by molar-refractivity contribution is 5.95. The van der Waals surface area contributed by atoms with E-state index in [0.717, 1.165) is 56.3 Å². The van der Waals surface area contributed by atoms with Gasteiger partial charge in [0.15, 0.2) is 5.76 Å². The smallest absolute Gasteiger partial charge is 0.151 e. The van der Waals surface area contributed by atoms with Gasteiger partial charge in [0.05, 0.1) is 6.54 Å². The van der Waals surface area contributed by atoms with Gasteiger partial charge in [0, 0.05) is 56.6 Å². The van der Waals surface area contributed by atoms with Gasteiger partial charge < -0.3 is 14.7 Å². The number of nitrogens with one attached hydrogen (secondary N) is 1. The summed E-state index contributed by atoms with van der Waals surface area (Å²) in [5.74, 6) is 0.872. The van der Waals surface area contributed by atoms with Gasteiger partial charge in [0.25, 0.3) is 0 Å². The highest BCUT2D eigenvalue weighted by Gasteiger charge is 2.16. The van der Waals surface area contributed by atoms with Crippen LogP contribution in [0.3, 0.4) is 0 Å². The molecule has 1 aliphatic rings. The van der Waals surface area contributed by atoms with Crippen molar-refractivity contribution in [2.75, 3.05) is 44.2 Å². The van der Waals surface area contributed by atoms with E-state index in [1.54, 1.807) is 0 Å². The number of fused-ring (bicyclic) bond motifs is 1. The highest BCUT2D eigenvalue weighted by Crippen LogP contribution is 2.28. The molecule has 5 nitrogen and oxygen atoms in total. The topological polar surface area (TPSA) is 44.5 Å². The molecule has 1 aliphatic heterocycles. The molecule has 158 valence electrons. The first-order valence-corrected chi connectivity index (χ1v) is 11.0. The second kappa shape index (κ2) is 9.33. The third-order valence-corrected chi connectivity index (χ3v) is 6.02. The zero-order valence-electron chi connectivity index (χ0n) is 17.7. The molecule has 0 saturated carbocycles. The number of hydrogen-bond donors (Lipinski definition) is 1. The van der Waals surface area contributed by atoms with Crippen molar-refractivity contribution in [3.63, 3.8) is 0 Å². The van der Waals surface area contributed by atoms with Crippen LogP contribution in [-0.4, -0.2) is 49.3 Å². The average Bonchev–Trinajstić information content (AvgIpc) is 3.31. The van der Waals surface area contributed by atoms with Crippen LogP contribution in [0.2, 0.25) is 0 Å². The normalized spacial score (nSPS) is 14.9. The van der Waals surface area contributed by atoms with Crippen molar-refractivity contribution in [3.05, 3.63) is 84.6 Å². The van der Waals surface area contributed by atoms with Crippen LogP contribution >= 0.6 is 0 Å². The fraction of sp³-hybridized carbons (Fsp3) is 0.269. The van der Waals surface area contributed by atoms with Crippen LogP contribution in [0.4, 0.5) is 5.69 Å². The number of anilines is 1. The predicted octanol–water partition coefficient (Wildman–Crippen LogP) is 4.41. The fourth-order valence-electron chi connectivity index (χ4n) is 4.29. The number of aromatic nitrogens is 1. The molecule has 1 aromatic heterocycles. The minimum Gasteiger partial charge on any atom is -0.369 e. The molecule has 5 rings (SSSR count). The van der Waals surface area contributed by atoms with E-state index in [4.69, 9.17) is 4.52 Å². The molecule has 0 atom stereocenters. The van der Waals surface area contributed by atoms with Crippen molar-refractivity contribution in [2.45, 2.75) is 6.54 Å². The molecule has 1 fully saturated rings. The maximum absolute atomic E-state index is 5.59. The Hall–Kier alpha value is -3.15. The Bertz CT molecular complexity index is 1110. The third kappa shape index (κ3) is 4.63. The quantitative estimate of drug-likeness (QED) is 0.456. The summed E-state index contributed by atoms with van der Waals surface area (Å²) >= 11 is 0. The lowest BCUT2D eigenvalue weighted by Gasteiger charge is -2.36. The first-order chi connectivity index (χ1) is 15.4.